The molecule has 1 aromatic heterocycles. The molecule has 1 aromatic carbocycles. The number of nitro groups is 1. The van der Waals surface area contributed by atoms with E-state index in [2.05, 4.69) is 31.8 Å². The Bertz CT molecular complexity index is 1030. The summed E-state index contributed by atoms with van der Waals surface area (Å²) in [4.78, 5) is 26.1. The van der Waals surface area contributed by atoms with Gasteiger partial charge in [0.05, 0.1) is 17.0 Å². The standard InChI is InChI=1S/C25H34N2O5/c1-5-6-7-8-15-31-23-21-13-12-20(27(29)30)17-22(21)26-25(28)24(23)32-16-14-19(4)11-9-10-18(2)3/h10,12-14,17H,5-9,11,15-16H2,1-4H3,(H,26,28). The highest BCUT2D eigenvalue weighted by Gasteiger charge is 2.18. The zero-order valence-electron chi connectivity index (χ0n) is 19.5. The molecule has 0 spiro atoms. The molecular weight excluding hydrogens is 408 g/mol. The maximum Gasteiger partial charge on any atom is 0.294 e. The van der Waals surface area contributed by atoms with Gasteiger partial charge < -0.3 is 14.5 Å². The zero-order valence-corrected chi connectivity index (χ0v) is 19.5. The molecule has 7 heteroatoms. The molecule has 0 bridgehead atoms. The lowest BCUT2D eigenvalue weighted by atomic mass is 10.1. The van der Waals surface area contributed by atoms with Crippen molar-refractivity contribution in [1.82, 2.24) is 4.98 Å². The first kappa shape index (κ1) is 25.2. The molecule has 1 heterocycles. The summed E-state index contributed by atoms with van der Waals surface area (Å²) in [5, 5.41) is 11.7. The summed E-state index contributed by atoms with van der Waals surface area (Å²) in [5.74, 6) is 0.445. The van der Waals surface area contributed by atoms with Crippen molar-refractivity contribution in [2.24, 2.45) is 0 Å². The highest BCUT2D eigenvalue weighted by molar-refractivity contribution is 5.88. The van der Waals surface area contributed by atoms with Crippen molar-refractivity contribution in [3.63, 3.8) is 0 Å². The molecule has 32 heavy (non-hydrogen) atoms. The number of aromatic nitrogens is 1. The number of rotatable bonds is 13. The molecule has 7 nitrogen and oxygen atoms in total. The Morgan fingerprint density at radius 3 is 2.56 bits per heavy atom. The fourth-order valence-electron chi connectivity index (χ4n) is 3.29. The normalized spacial score (nSPS) is 11.4. The van der Waals surface area contributed by atoms with Crippen molar-refractivity contribution in [2.45, 2.75) is 66.2 Å². The van der Waals surface area contributed by atoms with Crippen molar-refractivity contribution in [3.8, 4) is 11.5 Å². The Hall–Kier alpha value is -3.09. The van der Waals surface area contributed by atoms with Gasteiger partial charge in [0.2, 0.25) is 5.75 Å². The number of hydrogen-bond acceptors (Lipinski definition) is 5. The Morgan fingerprint density at radius 1 is 1.09 bits per heavy atom. The zero-order chi connectivity index (χ0) is 23.5. The fraction of sp³-hybridized carbons (Fsp3) is 0.480. The maximum atomic E-state index is 12.7. The van der Waals surface area contributed by atoms with Gasteiger partial charge >= 0.3 is 0 Å². The van der Waals surface area contributed by atoms with Crippen LogP contribution in [-0.4, -0.2) is 23.1 Å². The van der Waals surface area contributed by atoms with Crippen LogP contribution in [0.4, 0.5) is 5.69 Å². The summed E-state index contributed by atoms with van der Waals surface area (Å²) < 4.78 is 11.8. The number of fused-ring (bicyclic) bond motifs is 1. The molecule has 2 rings (SSSR count). The largest absolute Gasteiger partial charge is 0.489 e. The first-order valence-electron chi connectivity index (χ1n) is 11.2. The number of unbranched alkanes of at least 4 members (excludes halogenated alkanes) is 3. The Morgan fingerprint density at radius 2 is 1.88 bits per heavy atom. The van der Waals surface area contributed by atoms with Crippen molar-refractivity contribution in [3.05, 3.63) is 62.0 Å². The van der Waals surface area contributed by atoms with Crippen LogP contribution in [0.5, 0.6) is 11.5 Å². The van der Waals surface area contributed by atoms with Crippen LogP contribution in [0.1, 0.15) is 66.2 Å². The van der Waals surface area contributed by atoms with Gasteiger partial charge in [-0.05, 0) is 52.2 Å². The first-order chi connectivity index (χ1) is 15.3. The third-order valence-electron chi connectivity index (χ3n) is 5.11. The van der Waals surface area contributed by atoms with E-state index >= 15 is 0 Å². The Balaban J connectivity index is 2.27. The van der Waals surface area contributed by atoms with Crippen LogP contribution in [0.2, 0.25) is 0 Å². The summed E-state index contributed by atoms with van der Waals surface area (Å²) >= 11 is 0. The average molecular weight is 443 g/mol. The number of non-ortho nitro benzene ring substituents is 1. The van der Waals surface area contributed by atoms with Gasteiger partial charge in [-0.1, -0.05) is 43.4 Å². The molecule has 1 N–H and O–H groups in total. The summed E-state index contributed by atoms with van der Waals surface area (Å²) in [6.45, 7) is 9.02. The van der Waals surface area contributed by atoms with Gasteiger partial charge in [-0.3, -0.25) is 14.9 Å². The van der Waals surface area contributed by atoms with Gasteiger partial charge in [-0.25, -0.2) is 0 Å². The maximum absolute atomic E-state index is 12.7. The highest BCUT2D eigenvalue weighted by Crippen LogP contribution is 2.33. The van der Waals surface area contributed by atoms with E-state index in [-0.39, 0.29) is 18.0 Å². The van der Waals surface area contributed by atoms with Crippen molar-refractivity contribution in [2.75, 3.05) is 13.2 Å². The van der Waals surface area contributed by atoms with Crippen LogP contribution < -0.4 is 15.0 Å². The van der Waals surface area contributed by atoms with E-state index in [0.29, 0.717) is 23.3 Å². The Labute approximate surface area is 189 Å². The molecule has 0 saturated heterocycles. The van der Waals surface area contributed by atoms with E-state index in [4.69, 9.17) is 9.47 Å². The number of allylic oxidation sites excluding steroid dienone is 3. The first-order valence-corrected chi connectivity index (χ1v) is 11.2. The van der Waals surface area contributed by atoms with Crippen LogP contribution >= 0.6 is 0 Å². The number of benzene rings is 1. The second-order valence-electron chi connectivity index (χ2n) is 8.19. The molecule has 0 amide bonds. The molecule has 0 aliphatic rings. The number of H-pyrrole nitrogens is 1. The third-order valence-corrected chi connectivity index (χ3v) is 5.11. The van der Waals surface area contributed by atoms with Gasteiger partial charge in [-0.2, -0.15) is 0 Å². The van der Waals surface area contributed by atoms with Crippen LogP contribution in [-0.2, 0) is 0 Å². The number of hydrogen-bond donors (Lipinski definition) is 1. The lowest BCUT2D eigenvalue weighted by Gasteiger charge is -2.14. The topological polar surface area (TPSA) is 94.5 Å². The summed E-state index contributed by atoms with van der Waals surface area (Å²) in [6, 6.07) is 4.34. The molecule has 0 unspecified atom stereocenters. The second kappa shape index (κ2) is 12.7. The molecular formula is C25H34N2O5. The van der Waals surface area contributed by atoms with Crippen LogP contribution in [0.3, 0.4) is 0 Å². The molecule has 0 aliphatic heterocycles. The third kappa shape index (κ3) is 7.55. The second-order valence-corrected chi connectivity index (χ2v) is 8.19. The van der Waals surface area contributed by atoms with Crippen LogP contribution in [0.15, 0.2) is 46.3 Å². The average Bonchev–Trinajstić information content (AvgIpc) is 2.74. The number of nitrogens with one attached hydrogen (secondary N) is 1. The van der Waals surface area contributed by atoms with Gasteiger partial charge in [0.1, 0.15) is 6.61 Å². The van der Waals surface area contributed by atoms with Crippen molar-refractivity contribution in [1.29, 1.82) is 0 Å². The van der Waals surface area contributed by atoms with Crippen LogP contribution in [0, 0.1) is 10.1 Å². The monoisotopic (exact) mass is 442 g/mol. The minimum atomic E-state index is -0.490. The minimum Gasteiger partial charge on any atom is -0.489 e. The molecule has 0 radical (unpaired) electrons. The molecule has 174 valence electrons. The van der Waals surface area contributed by atoms with Gasteiger partial charge in [0.15, 0.2) is 5.75 Å². The molecule has 2 aromatic rings. The summed E-state index contributed by atoms with van der Waals surface area (Å²) in [5.41, 5.74) is 2.27. The molecule has 0 atom stereocenters. The van der Waals surface area contributed by atoms with E-state index in [9.17, 15) is 14.9 Å². The number of ether oxygens (including phenoxy) is 2. The molecule has 0 fully saturated rings. The van der Waals surface area contributed by atoms with Crippen LogP contribution in [0.25, 0.3) is 10.9 Å². The van der Waals surface area contributed by atoms with E-state index in [1.807, 2.05) is 13.0 Å². The van der Waals surface area contributed by atoms with Crippen molar-refractivity contribution < 1.29 is 14.4 Å². The predicted octanol–water partition coefficient (Wildman–Crippen LogP) is 6.47. The number of nitro benzene ring substituents is 1. The SMILES string of the molecule is CCCCCCOc1c(OCC=C(C)CCC=C(C)C)c(=O)[nH]c2cc([N+](=O)[O-])ccc12. The number of nitrogens with zero attached hydrogens (tertiary/aromatic N) is 1. The minimum absolute atomic E-state index is 0.0920. The van der Waals surface area contributed by atoms with E-state index in [0.717, 1.165) is 38.5 Å². The van der Waals surface area contributed by atoms with Gasteiger partial charge in [-0.15, -0.1) is 0 Å². The smallest absolute Gasteiger partial charge is 0.294 e. The predicted molar refractivity (Wildman–Crippen MR) is 129 cm³/mol. The fourth-order valence-corrected chi connectivity index (χ4v) is 3.29. The lowest BCUT2D eigenvalue weighted by Crippen LogP contribution is -2.14. The Kier molecular flexibility index (Phi) is 9.98. The van der Waals surface area contributed by atoms with E-state index in [1.54, 1.807) is 6.07 Å². The van der Waals surface area contributed by atoms with E-state index < -0.39 is 10.5 Å². The summed E-state index contributed by atoms with van der Waals surface area (Å²) in [7, 11) is 0. The lowest BCUT2D eigenvalue weighted by molar-refractivity contribution is -0.384. The van der Waals surface area contributed by atoms with Gasteiger partial charge in [0, 0.05) is 17.5 Å². The molecule has 0 aliphatic carbocycles. The molecule has 0 saturated carbocycles. The van der Waals surface area contributed by atoms with Crippen molar-refractivity contribution >= 4 is 16.6 Å². The number of pyridine rings is 1. The van der Waals surface area contributed by atoms with E-state index in [1.165, 1.54) is 23.3 Å². The quantitative estimate of drug-likeness (QED) is 0.166. The summed E-state index contributed by atoms with van der Waals surface area (Å²) in [6.07, 6.45) is 10.2. The van der Waals surface area contributed by atoms with Gasteiger partial charge in [0.25, 0.3) is 11.2 Å². The highest BCUT2D eigenvalue weighted by atomic mass is 16.6. The number of aromatic amines is 1.